The van der Waals surface area contributed by atoms with E-state index in [4.69, 9.17) is 20.3 Å². The summed E-state index contributed by atoms with van der Waals surface area (Å²) in [5.41, 5.74) is 0.501. The number of benzene rings is 1. The molecule has 7 nitrogen and oxygen atoms in total. The van der Waals surface area contributed by atoms with Crippen molar-refractivity contribution in [2.75, 3.05) is 0 Å². The van der Waals surface area contributed by atoms with Gasteiger partial charge in [0.1, 0.15) is 17.2 Å². The third kappa shape index (κ3) is 6.30. The summed E-state index contributed by atoms with van der Waals surface area (Å²) >= 11 is 0. The number of carbonyl (C=O) groups is 3. The Kier molecular flexibility index (Phi) is 6.95. The van der Waals surface area contributed by atoms with Crippen molar-refractivity contribution < 1.29 is 33.4 Å². The first-order valence-electron chi connectivity index (χ1n) is 8.80. The number of halogens is 1. The molecule has 0 aliphatic heterocycles. The lowest BCUT2D eigenvalue weighted by Gasteiger charge is -2.30. The van der Waals surface area contributed by atoms with E-state index in [1.165, 1.54) is 24.3 Å². The molecule has 156 valence electrons. The van der Waals surface area contributed by atoms with Crippen LogP contribution in [0.5, 0.6) is 0 Å². The van der Waals surface area contributed by atoms with E-state index in [2.05, 4.69) is 0 Å². The Balaban J connectivity index is 3.29. The van der Waals surface area contributed by atoms with Crippen molar-refractivity contribution in [3.05, 3.63) is 35.4 Å². The van der Waals surface area contributed by atoms with Crippen LogP contribution in [0.2, 0.25) is 0 Å². The molecule has 1 atom stereocenters. The molecule has 0 aromatic heterocycles. The molecule has 0 aliphatic rings. The molecule has 1 rings (SSSR count). The number of aliphatic carboxylic acids is 1. The Hall–Kier alpha value is -2.48. The number of carboxylic acids is 1. The molecule has 0 aliphatic carbocycles. The summed E-state index contributed by atoms with van der Waals surface area (Å²) in [4.78, 5) is 36.0. The molecule has 0 amide bonds. The molecule has 3 N–H and O–H groups in total. The van der Waals surface area contributed by atoms with Crippen LogP contribution in [-0.2, 0) is 35.9 Å². The number of rotatable bonds is 6. The van der Waals surface area contributed by atoms with E-state index in [-0.39, 0.29) is 12.0 Å². The van der Waals surface area contributed by atoms with Crippen molar-refractivity contribution in [2.45, 2.75) is 70.9 Å². The van der Waals surface area contributed by atoms with Gasteiger partial charge in [0.15, 0.2) is 0 Å². The summed E-state index contributed by atoms with van der Waals surface area (Å²) in [6, 6.07) is 4.12. The van der Waals surface area contributed by atoms with Gasteiger partial charge in [0.25, 0.3) is 0 Å². The van der Waals surface area contributed by atoms with Gasteiger partial charge in [0.2, 0.25) is 0 Å². The van der Waals surface area contributed by atoms with Crippen LogP contribution in [0.1, 0.15) is 52.7 Å². The highest BCUT2D eigenvalue weighted by Crippen LogP contribution is 2.33. The van der Waals surface area contributed by atoms with E-state index in [0.717, 1.165) is 0 Å². The Morgan fingerprint density at radius 2 is 1.36 bits per heavy atom. The zero-order chi connectivity index (χ0) is 21.9. The summed E-state index contributed by atoms with van der Waals surface area (Å²) in [6.07, 6.45) is 0.00771. The van der Waals surface area contributed by atoms with Crippen molar-refractivity contribution in [1.29, 1.82) is 0 Å². The molecule has 1 aromatic carbocycles. The Morgan fingerprint density at radius 3 is 1.68 bits per heavy atom. The lowest BCUT2D eigenvalue weighted by Crippen LogP contribution is -2.47. The maximum atomic E-state index is 15.8. The number of carbonyl (C=O) groups excluding carboxylic acids is 2. The number of carboxylic acid groups (broad SMARTS) is 1. The smallest absolute Gasteiger partial charge is 0.361 e. The lowest BCUT2D eigenvalue weighted by molar-refractivity contribution is -0.188. The second-order valence-electron chi connectivity index (χ2n) is 8.51. The zero-order valence-corrected chi connectivity index (χ0v) is 17.0. The van der Waals surface area contributed by atoms with Crippen LogP contribution in [0.25, 0.3) is 0 Å². The molecule has 0 radical (unpaired) electrons. The maximum Gasteiger partial charge on any atom is 0.361 e. The predicted octanol–water partition coefficient (Wildman–Crippen LogP) is 2.49. The van der Waals surface area contributed by atoms with Crippen LogP contribution < -0.4 is 5.73 Å². The topological polar surface area (TPSA) is 116 Å². The molecule has 0 heterocycles. The van der Waals surface area contributed by atoms with E-state index in [9.17, 15) is 14.4 Å². The molecule has 0 saturated heterocycles. The zero-order valence-electron chi connectivity index (χ0n) is 17.0. The first kappa shape index (κ1) is 23.6. The minimum Gasteiger partial charge on any atom is -0.480 e. The normalized spacial score (nSPS) is 13.6. The van der Waals surface area contributed by atoms with Gasteiger partial charge in [0.05, 0.1) is 0 Å². The molecule has 8 heteroatoms. The molecular weight excluding hydrogens is 369 g/mol. The molecule has 0 bridgehead atoms. The van der Waals surface area contributed by atoms with Gasteiger partial charge in [0, 0.05) is 5.56 Å². The van der Waals surface area contributed by atoms with Crippen LogP contribution in [0.3, 0.4) is 0 Å². The first-order valence-corrected chi connectivity index (χ1v) is 8.80. The average Bonchev–Trinajstić information content (AvgIpc) is 2.51. The number of alkyl halides is 1. The summed E-state index contributed by atoms with van der Waals surface area (Å²) in [5.74, 6) is -3.94. The monoisotopic (exact) mass is 397 g/mol. The molecule has 0 spiro atoms. The van der Waals surface area contributed by atoms with Gasteiger partial charge in [-0.1, -0.05) is 24.3 Å². The molecule has 1 aromatic rings. The number of hydrogen-bond acceptors (Lipinski definition) is 6. The molecule has 0 fully saturated rings. The second-order valence-corrected chi connectivity index (χ2v) is 8.51. The number of nitrogens with two attached hydrogens (primary N) is 1. The summed E-state index contributed by atoms with van der Waals surface area (Å²) < 4.78 is 26.0. The van der Waals surface area contributed by atoms with E-state index in [0.29, 0.717) is 5.56 Å². The van der Waals surface area contributed by atoms with E-state index in [1.807, 2.05) is 0 Å². The van der Waals surface area contributed by atoms with Crippen molar-refractivity contribution in [3.8, 4) is 0 Å². The number of ether oxygens (including phenoxy) is 2. The first-order chi connectivity index (χ1) is 12.6. The van der Waals surface area contributed by atoms with Crippen LogP contribution in [0.4, 0.5) is 4.39 Å². The van der Waals surface area contributed by atoms with Gasteiger partial charge < -0.3 is 20.3 Å². The minimum atomic E-state index is -3.17. The Labute approximate surface area is 164 Å². The van der Waals surface area contributed by atoms with Crippen LogP contribution in [0, 0.1) is 0 Å². The molecule has 0 saturated carbocycles. The fourth-order valence-electron chi connectivity index (χ4n) is 2.23. The summed E-state index contributed by atoms with van der Waals surface area (Å²) in [5, 5.41) is 8.88. The fraction of sp³-hybridized carbons (Fsp3) is 0.550. The third-order valence-corrected chi connectivity index (χ3v) is 3.48. The predicted molar refractivity (Wildman–Crippen MR) is 100 cm³/mol. The summed E-state index contributed by atoms with van der Waals surface area (Å²) in [6.45, 7) is 9.31. The third-order valence-electron chi connectivity index (χ3n) is 3.48. The van der Waals surface area contributed by atoms with Crippen molar-refractivity contribution >= 4 is 17.9 Å². The molecular formula is C20H28FNO6. The maximum absolute atomic E-state index is 15.8. The standard InChI is InChI=1S/C20H28FNO6/c1-18(2,3)27-16(25)20(21,17(26)28-19(4,5)6)13-9-7-12(8-10-13)11-14(22)15(23)24/h7-10,14H,11,22H2,1-6H3,(H,23,24)/t14-/m0/s1. The van der Waals surface area contributed by atoms with E-state index < -0.39 is 40.8 Å². The van der Waals surface area contributed by atoms with Crippen molar-refractivity contribution in [2.24, 2.45) is 5.73 Å². The van der Waals surface area contributed by atoms with E-state index >= 15 is 4.39 Å². The molecule has 28 heavy (non-hydrogen) atoms. The quantitative estimate of drug-likeness (QED) is 0.559. The van der Waals surface area contributed by atoms with Gasteiger partial charge in [-0.15, -0.1) is 0 Å². The van der Waals surface area contributed by atoms with Gasteiger partial charge in [-0.05, 0) is 53.5 Å². The van der Waals surface area contributed by atoms with Gasteiger partial charge in [-0.25, -0.2) is 14.0 Å². The number of esters is 2. The van der Waals surface area contributed by atoms with Crippen molar-refractivity contribution in [1.82, 2.24) is 0 Å². The Morgan fingerprint density at radius 1 is 0.964 bits per heavy atom. The van der Waals surface area contributed by atoms with Crippen molar-refractivity contribution in [3.63, 3.8) is 0 Å². The van der Waals surface area contributed by atoms with Gasteiger partial charge >= 0.3 is 23.6 Å². The fourth-order valence-corrected chi connectivity index (χ4v) is 2.23. The van der Waals surface area contributed by atoms with Crippen LogP contribution >= 0.6 is 0 Å². The lowest BCUT2D eigenvalue weighted by atomic mass is 9.93. The van der Waals surface area contributed by atoms with Gasteiger partial charge in [-0.2, -0.15) is 0 Å². The minimum absolute atomic E-state index is 0.00771. The van der Waals surface area contributed by atoms with Gasteiger partial charge in [-0.3, -0.25) is 4.79 Å². The van der Waals surface area contributed by atoms with Crippen LogP contribution in [0.15, 0.2) is 24.3 Å². The number of hydrogen-bond donors (Lipinski definition) is 2. The highest BCUT2D eigenvalue weighted by molar-refractivity contribution is 6.04. The van der Waals surface area contributed by atoms with Crippen LogP contribution in [-0.4, -0.2) is 40.3 Å². The highest BCUT2D eigenvalue weighted by atomic mass is 19.1. The average molecular weight is 397 g/mol. The molecule has 0 unspecified atom stereocenters. The highest BCUT2D eigenvalue weighted by Gasteiger charge is 2.53. The SMILES string of the molecule is CC(C)(C)OC(=O)C(F)(C(=O)OC(C)(C)C)c1ccc(C[C@H](N)C(=O)O)cc1. The Bertz CT molecular complexity index is 703. The second kappa shape index (κ2) is 8.26. The van der Waals surface area contributed by atoms with E-state index in [1.54, 1.807) is 41.5 Å². The largest absolute Gasteiger partial charge is 0.480 e. The summed E-state index contributed by atoms with van der Waals surface area (Å²) in [7, 11) is 0.